The lowest BCUT2D eigenvalue weighted by atomic mass is 10.1. The third kappa shape index (κ3) is 5.63. The minimum atomic E-state index is -0.576. The number of halogens is 4. The number of methoxy groups -OCH3 is 1. The van der Waals surface area contributed by atoms with Gasteiger partial charge in [0, 0.05) is 10.0 Å². The predicted octanol–water partition coefficient (Wildman–Crippen LogP) is 7.18. The second kappa shape index (κ2) is 10.3. The molecule has 0 spiro atoms. The highest BCUT2D eigenvalue weighted by Gasteiger charge is 2.26. The van der Waals surface area contributed by atoms with Gasteiger partial charge in [0.2, 0.25) is 5.90 Å². The van der Waals surface area contributed by atoms with E-state index >= 15 is 0 Å². The Morgan fingerprint density at radius 2 is 1.76 bits per heavy atom. The summed E-state index contributed by atoms with van der Waals surface area (Å²) in [6.07, 6.45) is 1.62. The number of esters is 1. The number of benzene rings is 3. The molecule has 0 atom stereocenters. The van der Waals surface area contributed by atoms with Gasteiger partial charge in [0.1, 0.15) is 6.61 Å². The second-order valence-corrected chi connectivity index (χ2v) is 9.35. The third-order valence-electron chi connectivity index (χ3n) is 4.63. The Bertz CT molecular complexity index is 1290. The third-order valence-corrected chi connectivity index (χ3v) is 6.23. The monoisotopic (exact) mass is 613 g/mol. The van der Waals surface area contributed by atoms with Gasteiger partial charge in [0.05, 0.1) is 21.3 Å². The molecular weight excluding hydrogens is 600 g/mol. The molecule has 9 heteroatoms. The van der Waals surface area contributed by atoms with E-state index in [1.165, 1.54) is 0 Å². The van der Waals surface area contributed by atoms with Crippen LogP contribution in [0.25, 0.3) is 6.08 Å². The highest BCUT2D eigenvalue weighted by molar-refractivity contribution is 14.1. The number of hydrogen-bond acceptors (Lipinski definition) is 5. The van der Waals surface area contributed by atoms with Gasteiger partial charge in [-0.15, -0.1) is 0 Å². The minimum absolute atomic E-state index is 0.123. The summed E-state index contributed by atoms with van der Waals surface area (Å²) in [5.74, 6) is 0.672. The van der Waals surface area contributed by atoms with Gasteiger partial charge < -0.3 is 14.2 Å². The van der Waals surface area contributed by atoms with Crippen LogP contribution in [0.3, 0.4) is 0 Å². The van der Waals surface area contributed by atoms with Gasteiger partial charge in [-0.2, -0.15) is 0 Å². The molecule has 0 bridgehead atoms. The average molecular weight is 615 g/mol. The topological polar surface area (TPSA) is 57.1 Å². The summed E-state index contributed by atoms with van der Waals surface area (Å²) < 4.78 is 17.6. The zero-order valence-electron chi connectivity index (χ0n) is 17.1. The van der Waals surface area contributed by atoms with Crippen LogP contribution >= 0.6 is 57.4 Å². The van der Waals surface area contributed by atoms with E-state index in [1.54, 1.807) is 37.5 Å². The van der Waals surface area contributed by atoms with Crippen LogP contribution in [-0.2, 0) is 16.1 Å². The van der Waals surface area contributed by atoms with Crippen LogP contribution in [0.1, 0.15) is 16.7 Å². The van der Waals surface area contributed by atoms with Crippen molar-refractivity contribution in [2.24, 2.45) is 4.99 Å². The van der Waals surface area contributed by atoms with E-state index in [9.17, 15) is 4.79 Å². The lowest BCUT2D eigenvalue weighted by molar-refractivity contribution is -0.129. The molecule has 0 fully saturated rings. The number of ether oxygens (including phenoxy) is 3. The van der Waals surface area contributed by atoms with Crippen LogP contribution in [0.15, 0.2) is 65.3 Å². The Morgan fingerprint density at radius 1 is 1.03 bits per heavy atom. The highest BCUT2D eigenvalue weighted by atomic mass is 127. The van der Waals surface area contributed by atoms with E-state index < -0.39 is 5.97 Å². The van der Waals surface area contributed by atoms with Gasteiger partial charge in [-0.3, -0.25) is 0 Å². The summed E-state index contributed by atoms with van der Waals surface area (Å²) in [5.41, 5.74) is 2.30. The van der Waals surface area contributed by atoms with E-state index in [0.29, 0.717) is 44.3 Å². The number of hydrogen-bond donors (Lipinski definition) is 0. The molecule has 168 valence electrons. The predicted molar refractivity (Wildman–Crippen MR) is 139 cm³/mol. The van der Waals surface area contributed by atoms with Gasteiger partial charge >= 0.3 is 5.97 Å². The first kappa shape index (κ1) is 23.9. The molecule has 0 radical (unpaired) electrons. The summed E-state index contributed by atoms with van der Waals surface area (Å²) in [7, 11) is 1.56. The Morgan fingerprint density at radius 3 is 2.45 bits per heavy atom. The van der Waals surface area contributed by atoms with E-state index in [1.807, 2.05) is 30.3 Å². The molecule has 4 rings (SSSR count). The van der Waals surface area contributed by atoms with E-state index in [4.69, 9.17) is 49.0 Å². The maximum absolute atomic E-state index is 12.4. The number of carbonyl (C=O) groups excluding carboxylic acids is 1. The number of rotatable bonds is 6. The minimum Gasteiger partial charge on any atom is -0.493 e. The van der Waals surface area contributed by atoms with Gasteiger partial charge in [0.25, 0.3) is 0 Å². The van der Waals surface area contributed by atoms with Gasteiger partial charge in [-0.25, -0.2) is 9.79 Å². The van der Waals surface area contributed by atoms with E-state index in [-0.39, 0.29) is 11.6 Å². The molecule has 0 saturated heterocycles. The zero-order chi connectivity index (χ0) is 23.5. The molecule has 5 nitrogen and oxygen atoms in total. The number of cyclic esters (lactones) is 1. The first-order chi connectivity index (χ1) is 15.8. The first-order valence-corrected chi connectivity index (χ1v) is 11.8. The Labute approximate surface area is 219 Å². The quantitative estimate of drug-likeness (QED) is 0.168. The molecule has 0 amide bonds. The summed E-state index contributed by atoms with van der Waals surface area (Å²) in [5, 5.41) is 1.48. The first-order valence-electron chi connectivity index (χ1n) is 9.57. The molecule has 1 aliphatic rings. The number of nitrogens with zero attached hydrogens (tertiary/aromatic N) is 1. The molecule has 3 aromatic rings. The summed E-state index contributed by atoms with van der Waals surface area (Å²) in [6.45, 7) is 0.353. The zero-order valence-corrected chi connectivity index (χ0v) is 21.5. The Kier molecular flexibility index (Phi) is 7.48. The lowest BCUT2D eigenvalue weighted by Gasteiger charge is -2.14. The maximum atomic E-state index is 12.4. The van der Waals surface area contributed by atoms with Crippen molar-refractivity contribution >= 4 is 75.3 Å². The smallest absolute Gasteiger partial charge is 0.363 e. The normalized spacial score (nSPS) is 14.3. The van der Waals surface area contributed by atoms with Crippen LogP contribution in [0.5, 0.6) is 11.5 Å². The van der Waals surface area contributed by atoms with Crippen molar-refractivity contribution < 1.29 is 19.0 Å². The Balaban J connectivity index is 1.60. The molecule has 3 aromatic carbocycles. The molecule has 0 unspecified atom stereocenters. The van der Waals surface area contributed by atoms with Gasteiger partial charge in [0.15, 0.2) is 17.2 Å². The molecule has 33 heavy (non-hydrogen) atoms. The molecule has 0 aliphatic carbocycles. The van der Waals surface area contributed by atoms with Crippen LogP contribution in [0.4, 0.5) is 0 Å². The van der Waals surface area contributed by atoms with Crippen molar-refractivity contribution in [3.05, 3.63) is 95.6 Å². The molecule has 0 aromatic heterocycles. The Hall–Kier alpha value is -2.26. The van der Waals surface area contributed by atoms with Gasteiger partial charge in [-0.05, 0) is 82.3 Å². The van der Waals surface area contributed by atoms with Crippen molar-refractivity contribution in [1.82, 2.24) is 0 Å². The van der Waals surface area contributed by atoms with E-state index in [2.05, 4.69) is 27.6 Å². The van der Waals surface area contributed by atoms with Crippen molar-refractivity contribution in [2.45, 2.75) is 6.61 Å². The highest BCUT2D eigenvalue weighted by Crippen LogP contribution is 2.36. The average Bonchev–Trinajstić information content (AvgIpc) is 3.13. The van der Waals surface area contributed by atoms with Crippen molar-refractivity contribution in [3.63, 3.8) is 0 Å². The van der Waals surface area contributed by atoms with Crippen molar-refractivity contribution in [1.29, 1.82) is 0 Å². The molecule has 0 N–H and O–H groups in total. The van der Waals surface area contributed by atoms with Crippen LogP contribution in [0, 0.1) is 3.57 Å². The fraction of sp³-hybridized carbons (Fsp3) is 0.0833. The lowest BCUT2D eigenvalue weighted by Crippen LogP contribution is -2.06. The van der Waals surface area contributed by atoms with Crippen molar-refractivity contribution in [2.75, 3.05) is 7.11 Å². The van der Waals surface area contributed by atoms with Crippen LogP contribution in [0.2, 0.25) is 15.1 Å². The SMILES string of the molecule is COc1cc(/C=C2\N=C(c3ccc(Cl)cc3Cl)OC2=O)cc(I)c1OCc1ccc(Cl)cc1. The number of carbonyl (C=O) groups is 1. The summed E-state index contributed by atoms with van der Waals surface area (Å²) >= 11 is 20.2. The number of aliphatic imine (C=N–C) groups is 1. The van der Waals surface area contributed by atoms with Gasteiger partial charge in [-0.1, -0.05) is 46.9 Å². The fourth-order valence-corrected chi connectivity index (χ4v) is 4.44. The molecule has 0 saturated carbocycles. The largest absolute Gasteiger partial charge is 0.493 e. The molecular formula is C24H15Cl3INO4. The molecule has 1 heterocycles. The maximum Gasteiger partial charge on any atom is 0.363 e. The fourth-order valence-electron chi connectivity index (χ4n) is 3.04. The summed E-state index contributed by atoms with van der Waals surface area (Å²) in [4.78, 5) is 16.7. The second-order valence-electron chi connectivity index (χ2n) is 6.91. The van der Waals surface area contributed by atoms with E-state index in [0.717, 1.165) is 9.13 Å². The van der Waals surface area contributed by atoms with Crippen molar-refractivity contribution in [3.8, 4) is 11.5 Å². The summed E-state index contributed by atoms with van der Waals surface area (Å²) in [6, 6.07) is 15.9. The van der Waals surface area contributed by atoms with Crippen LogP contribution < -0.4 is 9.47 Å². The molecule has 1 aliphatic heterocycles. The standard InChI is InChI=1S/C24H15Cl3INO4/c1-31-21-10-14(8-19(28)22(21)32-12-13-2-4-15(25)5-3-13)9-20-24(30)33-23(29-20)17-7-6-16(26)11-18(17)27/h2-11H,12H2,1H3/b20-9-. The van der Waals surface area contributed by atoms with Crippen LogP contribution in [-0.4, -0.2) is 19.0 Å².